The Labute approximate surface area is 187 Å². The highest BCUT2D eigenvalue weighted by atomic mass is 127. The molecule has 0 radical (unpaired) electrons. The summed E-state index contributed by atoms with van der Waals surface area (Å²) in [6, 6.07) is 6.35. The molecule has 0 saturated carbocycles. The number of hydrogen-bond donors (Lipinski definition) is 0. The van der Waals surface area contributed by atoms with Gasteiger partial charge in [-0.15, -0.1) is 0 Å². The van der Waals surface area contributed by atoms with E-state index in [4.69, 9.17) is 23.2 Å². The largest absolute Gasteiger partial charge is 1.00 e. The van der Waals surface area contributed by atoms with Gasteiger partial charge >= 0.3 is 0 Å². The lowest BCUT2D eigenvalue weighted by Gasteiger charge is -2.36. The molecule has 1 aliphatic carbocycles. The van der Waals surface area contributed by atoms with Gasteiger partial charge in [-0.2, -0.15) is 0 Å². The average Bonchev–Trinajstić information content (AvgIpc) is 2.49. The first-order chi connectivity index (χ1) is 11.5. The van der Waals surface area contributed by atoms with E-state index in [0.29, 0.717) is 21.5 Å². The predicted molar refractivity (Wildman–Crippen MR) is 111 cm³/mol. The van der Waals surface area contributed by atoms with Crippen molar-refractivity contribution in [1.82, 2.24) is 0 Å². The summed E-state index contributed by atoms with van der Waals surface area (Å²) in [5, 5.41) is 1.25. The van der Waals surface area contributed by atoms with Gasteiger partial charge in [0.15, 0.2) is 0 Å². The van der Waals surface area contributed by atoms with E-state index in [0.717, 1.165) is 11.0 Å². The van der Waals surface area contributed by atoms with Gasteiger partial charge in [0, 0.05) is 5.56 Å². The van der Waals surface area contributed by atoms with Crippen molar-refractivity contribution in [1.29, 1.82) is 0 Å². The molecule has 0 aliphatic heterocycles. The maximum atomic E-state index is 6.17. The van der Waals surface area contributed by atoms with E-state index < -0.39 is 0 Å². The molecule has 1 aliphatic rings. The molecule has 0 N–H and O–H groups in total. The van der Waals surface area contributed by atoms with Crippen molar-refractivity contribution in [3.63, 3.8) is 0 Å². The lowest BCUT2D eigenvalue weighted by molar-refractivity contribution is -0.919. The maximum Gasteiger partial charge on any atom is 0.105 e. The second kappa shape index (κ2) is 9.45. The summed E-state index contributed by atoms with van der Waals surface area (Å²) >= 11 is 12.2. The molecule has 2 rings (SSSR count). The van der Waals surface area contributed by atoms with Crippen LogP contribution in [-0.2, 0) is 6.54 Å². The number of nitrogens with zero attached hydrogens (tertiary/aromatic N) is 1. The number of rotatable bonds is 5. The Balaban J connectivity index is 0.00000338. The topological polar surface area (TPSA) is 0 Å². The fourth-order valence-electron chi connectivity index (χ4n) is 3.73. The van der Waals surface area contributed by atoms with Crippen LogP contribution >= 0.6 is 23.2 Å². The smallest absolute Gasteiger partial charge is 0.105 e. The highest BCUT2D eigenvalue weighted by Gasteiger charge is 2.28. The summed E-state index contributed by atoms with van der Waals surface area (Å²) in [7, 11) is 4.54. The first-order valence-corrected chi connectivity index (χ1v) is 9.93. The molecule has 0 bridgehead atoms. The van der Waals surface area contributed by atoms with Crippen molar-refractivity contribution in [2.75, 3.05) is 14.1 Å². The quantitative estimate of drug-likeness (QED) is 0.416. The molecule has 1 aromatic rings. The maximum absolute atomic E-state index is 6.17. The third kappa shape index (κ3) is 5.98. The fourth-order valence-corrected chi connectivity index (χ4v) is 4.05. The van der Waals surface area contributed by atoms with Crippen LogP contribution in [0.2, 0.25) is 10.0 Å². The molecule has 26 heavy (non-hydrogen) atoms. The molecular weight excluding hydrogens is 476 g/mol. The van der Waals surface area contributed by atoms with Crippen LogP contribution in [0.5, 0.6) is 0 Å². The van der Waals surface area contributed by atoms with Gasteiger partial charge in [-0.25, -0.2) is 0 Å². The summed E-state index contributed by atoms with van der Waals surface area (Å²) in [6.07, 6.45) is 8.58. The Hall–Kier alpha value is -0.0300. The lowest BCUT2D eigenvalue weighted by Crippen LogP contribution is -3.00. The Morgan fingerprint density at radius 2 is 1.85 bits per heavy atom. The minimum absolute atomic E-state index is 0. The van der Waals surface area contributed by atoms with E-state index in [1.165, 1.54) is 30.4 Å². The second-order valence-electron chi connectivity index (χ2n) is 8.72. The van der Waals surface area contributed by atoms with E-state index >= 15 is 0 Å². The molecule has 1 nitrogen and oxygen atoms in total. The van der Waals surface area contributed by atoms with E-state index in [-0.39, 0.29) is 24.0 Å². The van der Waals surface area contributed by atoms with Gasteiger partial charge in [0.25, 0.3) is 0 Å². The summed E-state index contributed by atoms with van der Waals surface area (Å²) in [5.74, 6) is 0. The Morgan fingerprint density at radius 1 is 1.19 bits per heavy atom. The molecule has 0 fully saturated rings. The van der Waals surface area contributed by atoms with Crippen LogP contribution in [0.3, 0.4) is 0 Å². The van der Waals surface area contributed by atoms with Gasteiger partial charge < -0.3 is 28.5 Å². The molecule has 0 spiro atoms. The van der Waals surface area contributed by atoms with Crippen LogP contribution in [0.1, 0.15) is 52.5 Å². The average molecular weight is 508 g/mol. The molecule has 0 saturated heterocycles. The molecule has 146 valence electrons. The Kier molecular flexibility index (Phi) is 8.72. The van der Waals surface area contributed by atoms with Gasteiger partial charge in [-0.3, -0.25) is 0 Å². The van der Waals surface area contributed by atoms with Crippen molar-refractivity contribution < 1.29 is 28.5 Å². The summed E-state index contributed by atoms with van der Waals surface area (Å²) in [4.78, 5) is 0. The molecule has 0 amide bonds. The van der Waals surface area contributed by atoms with Crippen LogP contribution in [0.4, 0.5) is 0 Å². The monoisotopic (exact) mass is 507 g/mol. The van der Waals surface area contributed by atoms with E-state index in [9.17, 15) is 0 Å². The van der Waals surface area contributed by atoms with Crippen LogP contribution < -0.4 is 24.0 Å². The van der Waals surface area contributed by atoms with Gasteiger partial charge in [0.1, 0.15) is 12.6 Å². The number of benzene rings is 1. The highest BCUT2D eigenvalue weighted by Crippen LogP contribution is 2.40. The minimum atomic E-state index is 0. The zero-order valence-corrected chi connectivity index (χ0v) is 20.5. The number of quaternary nitrogens is 1. The van der Waals surface area contributed by atoms with Gasteiger partial charge in [0.2, 0.25) is 0 Å². The van der Waals surface area contributed by atoms with Crippen molar-refractivity contribution in [3.05, 3.63) is 57.1 Å². The van der Waals surface area contributed by atoms with Crippen LogP contribution in [-0.4, -0.2) is 24.6 Å². The van der Waals surface area contributed by atoms with Crippen LogP contribution in [0.15, 0.2) is 41.5 Å². The van der Waals surface area contributed by atoms with Gasteiger partial charge in [-0.05, 0) is 62.3 Å². The highest BCUT2D eigenvalue weighted by molar-refractivity contribution is 6.42. The lowest BCUT2D eigenvalue weighted by atomic mass is 9.72. The summed E-state index contributed by atoms with van der Waals surface area (Å²) in [5.41, 5.74) is 4.59. The molecule has 0 heterocycles. The van der Waals surface area contributed by atoms with Crippen molar-refractivity contribution >= 4 is 23.2 Å². The molecule has 1 aromatic carbocycles. The van der Waals surface area contributed by atoms with Crippen LogP contribution in [0.25, 0.3) is 0 Å². The number of likely N-dealkylation sites (N-methyl/N-ethyl adjacent to an activating group) is 1. The van der Waals surface area contributed by atoms with Crippen LogP contribution in [0, 0.1) is 5.41 Å². The number of hydrogen-bond acceptors (Lipinski definition) is 0. The number of allylic oxidation sites excluding steroid dienone is 3. The van der Waals surface area contributed by atoms with E-state index in [1.54, 1.807) is 5.57 Å². The van der Waals surface area contributed by atoms with Crippen molar-refractivity contribution in [3.8, 4) is 0 Å². The SMILES string of the molecule is CC1=C(/C=C/C(C)[N+](C)(C)Cc2ccc(Cl)c(Cl)c2)C(C)(C)CCC1.[I-]. The van der Waals surface area contributed by atoms with Gasteiger partial charge in [-0.1, -0.05) is 54.8 Å². The number of halogens is 3. The molecule has 0 aromatic heterocycles. The van der Waals surface area contributed by atoms with Crippen molar-refractivity contribution in [2.45, 2.75) is 59.5 Å². The second-order valence-corrected chi connectivity index (χ2v) is 9.53. The molecule has 1 atom stereocenters. The molecule has 1 unspecified atom stereocenters. The minimum Gasteiger partial charge on any atom is -1.00 e. The van der Waals surface area contributed by atoms with E-state index in [2.05, 4.69) is 60.0 Å². The Bertz CT molecular complexity index is 689. The predicted octanol–water partition coefficient (Wildman–Crippen LogP) is 4.05. The Morgan fingerprint density at radius 3 is 2.42 bits per heavy atom. The summed E-state index contributed by atoms with van der Waals surface area (Å²) < 4.78 is 0.876. The van der Waals surface area contributed by atoms with Gasteiger partial charge in [0.05, 0.1) is 24.1 Å². The first-order valence-electron chi connectivity index (χ1n) is 9.18. The first kappa shape index (κ1) is 24.0. The van der Waals surface area contributed by atoms with E-state index in [1.807, 2.05) is 12.1 Å². The molecule has 4 heteroatoms. The normalized spacial score (nSPS) is 18.8. The third-order valence-corrected chi connectivity index (χ3v) is 6.50. The zero-order valence-electron chi connectivity index (χ0n) is 16.9. The fraction of sp³-hybridized carbons (Fsp3) is 0.545. The molecular formula is C22H32Cl2IN. The third-order valence-electron chi connectivity index (χ3n) is 5.76. The van der Waals surface area contributed by atoms with Crippen molar-refractivity contribution in [2.24, 2.45) is 5.41 Å². The zero-order chi connectivity index (χ0) is 18.8. The summed E-state index contributed by atoms with van der Waals surface area (Å²) in [6.45, 7) is 10.2. The standard InChI is InChI=1S/C22H32Cl2N.HI/c1-16-8-7-13-22(3,4)19(16)11-9-17(2)25(5,6)15-18-10-12-20(23)21(24)14-18;/h9-12,14,17H,7-8,13,15H2,1-6H3;1H/q+1;/p-1/b11-9+;.